The number of hydrogen-bond donors (Lipinski definition) is 3. The zero-order valence-electron chi connectivity index (χ0n) is 16.8. The van der Waals surface area contributed by atoms with E-state index in [1.54, 1.807) is 12.1 Å². The van der Waals surface area contributed by atoms with Gasteiger partial charge in [0.05, 0.1) is 27.1 Å². The molecule has 0 bridgehead atoms. The first kappa shape index (κ1) is 21.8. The van der Waals surface area contributed by atoms with E-state index in [2.05, 4.69) is 47.1 Å². The molecule has 0 aliphatic rings. The van der Waals surface area contributed by atoms with Gasteiger partial charge in [0.15, 0.2) is 0 Å². The van der Waals surface area contributed by atoms with Gasteiger partial charge in [-0.15, -0.1) is 0 Å². The topological polar surface area (TPSA) is 96.5 Å². The lowest BCUT2D eigenvalue weighted by Crippen LogP contribution is -2.37. The largest absolute Gasteiger partial charge is 0.495 e. The fourth-order valence-electron chi connectivity index (χ4n) is 2.55. The number of ether oxygens (including phenoxy) is 1. The van der Waals surface area contributed by atoms with Gasteiger partial charge in [-0.25, -0.2) is 13.2 Å². The van der Waals surface area contributed by atoms with Gasteiger partial charge >= 0.3 is 6.03 Å². The summed E-state index contributed by atoms with van der Waals surface area (Å²) in [5.74, 6) is 0.360. The third-order valence-electron chi connectivity index (χ3n) is 4.03. The quantitative estimate of drug-likeness (QED) is 0.599. The number of amides is 2. The van der Waals surface area contributed by atoms with Gasteiger partial charge in [-0.05, 0) is 23.8 Å². The second-order valence-electron chi connectivity index (χ2n) is 7.54. The minimum atomic E-state index is -3.47. The molecule has 0 fully saturated rings. The number of sulfonamides is 1. The molecule has 0 aliphatic heterocycles. The van der Waals surface area contributed by atoms with Crippen LogP contribution in [0.4, 0.5) is 16.2 Å². The van der Waals surface area contributed by atoms with Gasteiger partial charge in [0, 0.05) is 12.2 Å². The highest BCUT2D eigenvalue weighted by molar-refractivity contribution is 7.92. The summed E-state index contributed by atoms with van der Waals surface area (Å²) in [5.41, 5.74) is 1.70. The Hall–Kier alpha value is -2.52. The zero-order valence-corrected chi connectivity index (χ0v) is 18.6. The van der Waals surface area contributed by atoms with Crippen molar-refractivity contribution in [2.75, 3.05) is 23.4 Å². The smallest absolute Gasteiger partial charge is 0.319 e. The van der Waals surface area contributed by atoms with E-state index in [9.17, 15) is 13.2 Å². The fraction of sp³-hybridized carbons (Fsp3) is 0.316. The molecule has 28 heavy (non-hydrogen) atoms. The van der Waals surface area contributed by atoms with Gasteiger partial charge < -0.3 is 15.4 Å². The van der Waals surface area contributed by atoms with Crippen molar-refractivity contribution >= 4 is 40.7 Å². The van der Waals surface area contributed by atoms with E-state index in [-0.39, 0.29) is 11.7 Å². The molecule has 3 N–H and O–H groups in total. The lowest BCUT2D eigenvalue weighted by molar-refractivity contribution is 0.251. The van der Waals surface area contributed by atoms with Crippen LogP contribution in [0, 0.1) is 0 Å². The minimum absolute atomic E-state index is 0.254. The molecular weight excluding hydrogens is 394 g/mol. The zero-order chi connectivity index (χ0) is 20.9. The number of nitrogens with one attached hydrogen (secondary N) is 3. The highest BCUT2D eigenvalue weighted by Crippen LogP contribution is 2.28. The first-order valence-electron chi connectivity index (χ1n) is 8.78. The Morgan fingerprint density at radius 3 is 2.25 bits per heavy atom. The SMILES string of the molecule is COc1ccc(NC(=O)NCc2ccc([Si](C)(C)C)cc2)cc1NS(C)(=O)=O. The predicted molar refractivity (Wildman–Crippen MR) is 117 cm³/mol. The van der Waals surface area contributed by atoms with Gasteiger partial charge in [0.25, 0.3) is 0 Å². The van der Waals surface area contributed by atoms with Crippen LogP contribution in [-0.4, -0.2) is 35.9 Å². The molecule has 9 heteroatoms. The summed E-state index contributed by atoms with van der Waals surface area (Å²) in [4.78, 5) is 12.2. The third-order valence-corrected chi connectivity index (χ3v) is 6.68. The van der Waals surface area contributed by atoms with E-state index >= 15 is 0 Å². The number of anilines is 2. The number of urea groups is 1. The van der Waals surface area contributed by atoms with E-state index in [0.717, 1.165) is 11.8 Å². The second-order valence-corrected chi connectivity index (χ2v) is 14.4. The van der Waals surface area contributed by atoms with Crippen LogP contribution in [0.2, 0.25) is 19.6 Å². The number of carbonyl (C=O) groups excluding carboxylic acids is 1. The Kier molecular flexibility index (Phi) is 6.73. The van der Waals surface area contributed by atoms with E-state index in [1.165, 1.54) is 18.4 Å². The molecule has 0 aromatic heterocycles. The fourth-order valence-corrected chi connectivity index (χ4v) is 4.27. The highest BCUT2D eigenvalue weighted by Gasteiger charge is 2.15. The lowest BCUT2D eigenvalue weighted by atomic mass is 10.2. The average molecular weight is 422 g/mol. The van der Waals surface area contributed by atoms with Crippen molar-refractivity contribution in [2.24, 2.45) is 0 Å². The average Bonchev–Trinajstić information content (AvgIpc) is 2.58. The van der Waals surface area contributed by atoms with Crippen LogP contribution in [0.25, 0.3) is 0 Å². The molecule has 0 saturated heterocycles. The van der Waals surface area contributed by atoms with Crippen molar-refractivity contribution in [1.29, 1.82) is 0 Å². The molecule has 2 rings (SSSR count). The first-order valence-corrected chi connectivity index (χ1v) is 14.2. The molecule has 0 unspecified atom stereocenters. The predicted octanol–water partition coefficient (Wildman–Crippen LogP) is 2.93. The molecule has 0 radical (unpaired) electrons. The second kappa shape index (κ2) is 8.66. The number of methoxy groups -OCH3 is 1. The van der Waals surface area contributed by atoms with Gasteiger partial charge in [0.1, 0.15) is 5.75 Å². The first-order chi connectivity index (χ1) is 13.0. The van der Waals surface area contributed by atoms with Crippen molar-refractivity contribution in [2.45, 2.75) is 26.2 Å². The molecule has 2 aromatic carbocycles. The maximum atomic E-state index is 12.2. The van der Waals surface area contributed by atoms with Gasteiger partial charge in [-0.3, -0.25) is 4.72 Å². The number of hydrogen-bond acceptors (Lipinski definition) is 4. The standard InChI is InChI=1S/C19H27N3O4SSi/c1-26-18-11-8-15(12-17(18)22-27(2,24)25)21-19(23)20-13-14-6-9-16(10-7-14)28(3,4)5/h6-12,22H,13H2,1-5H3,(H2,20,21,23). The van der Waals surface area contributed by atoms with Crippen LogP contribution in [0.15, 0.2) is 42.5 Å². The Bertz CT molecular complexity index is 939. The normalized spacial score (nSPS) is 11.6. The molecule has 0 heterocycles. The third kappa shape index (κ3) is 6.57. The summed E-state index contributed by atoms with van der Waals surface area (Å²) in [6, 6.07) is 12.6. The minimum Gasteiger partial charge on any atom is -0.495 e. The summed E-state index contributed by atoms with van der Waals surface area (Å²) in [7, 11) is -3.37. The van der Waals surface area contributed by atoms with Gasteiger partial charge in [-0.2, -0.15) is 0 Å². The number of rotatable bonds is 7. The molecular formula is C19H27N3O4SSi. The number of carbonyl (C=O) groups is 1. The van der Waals surface area contributed by atoms with Crippen LogP contribution < -0.4 is 25.3 Å². The highest BCUT2D eigenvalue weighted by atomic mass is 32.2. The van der Waals surface area contributed by atoms with Crippen molar-refractivity contribution < 1.29 is 17.9 Å². The van der Waals surface area contributed by atoms with Crippen LogP contribution in [0.5, 0.6) is 5.75 Å². The summed E-state index contributed by atoms with van der Waals surface area (Å²) in [5, 5.41) is 6.85. The molecule has 0 atom stereocenters. The summed E-state index contributed by atoms with van der Waals surface area (Å²) >= 11 is 0. The Balaban J connectivity index is 2.00. The van der Waals surface area contributed by atoms with E-state index in [1.807, 2.05) is 12.1 Å². The van der Waals surface area contributed by atoms with Crippen LogP contribution in [-0.2, 0) is 16.6 Å². The Morgan fingerprint density at radius 2 is 1.71 bits per heavy atom. The Morgan fingerprint density at radius 1 is 1.07 bits per heavy atom. The summed E-state index contributed by atoms with van der Waals surface area (Å²) < 4.78 is 30.5. The number of benzene rings is 2. The maximum Gasteiger partial charge on any atom is 0.319 e. The van der Waals surface area contributed by atoms with Gasteiger partial charge in [-0.1, -0.05) is 49.1 Å². The maximum absolute atomic E-state index is 12.2. The van der Waals surface area contributed by atoms with Crippen molar-refractivity contribution in [3.8, 4) is 5.75 Å². The van der Waals surface area contributed by atoms with Crippen LogP contribution >= 0.6 is 0 Å². The van der Waals surface area contributed by atoms with Crippen LogP contribution in [0.3, 0.4) is 0 Å². The molecule has 0 aliphatic carbocycles. The van der Waals surface area contributed by atoms with Crippen molar-refractivity contribution in [1.82, 2.24) is 5.32 Å². The van der Waals surface area contributed by atoms with E-state index in [0.29, 0.717) is 18.0 Å². The lowest BCUT2D eigenvalue weighted by Gasteiger charge is -2.17. The van der Waals surface area contributed by atoms with E-state index < -0.39 is 18.1 Å². The molecule has 2 amide bonds. The van der Waals surface area contributed by atoms with Crippen LogP contribution in [0.1, 0.15) is 5.56 Å². The molecule has 152 valence electrons. The van der Waals surface area contributed by atoms with Gasteiger partial charge in [0.2, 0.25) is 10.0 Å². The molecule has 2 aromatic rings. The monoisotopic (exact) mass is 421 g/mol. The summed E-state index contributed by atoms with van der Waals surface area (Å²) in [6.07, 6.45) is 1.05. The molecule has 0 spiro atoms. The van der Waals surface area contributed by atoms with E-state index in [4.69, 9.17) is 4.74 Å². The molecule has 7 nitrogen and oxygen atoms in total. The molecule has 0 saturated carbocycles. The van der Waals surface area contributed by atoms with Crippen molar-refractivity contribution in [3.63, 3.8) is 0 Å². The van der Waals surface area contributed by atoms with Crippen molar-refractivity contribution in [3.05, 3.63) is 48.0 Å². The Labute approximate surface area is 167 Å². The summed E-state index contributed by atoms with van der Waals surface area (Å²) in [6.45, 7) is 7.25.